The number of nitrogens with zero attached hydrogens (tertiary/aromatic N) is 1. The highest BCUT2D eigenvalue weighted by atomic mass is 32.1. The lowest BCUT2D eigenvalue weighted by Crippen LogP contribution is -2.22. The number of carboxylic acid groups (broad SMARTS) is 1. The lowest BCUT2D eigenvalue weighted by Gasteiger charge is -2.15. The highest BCUT2D eigenvalue weighted by Gasteiger charge is 2.15. The van der Waals surface area contributed by atoms with Crippen molar-refractivity contribution >= 4 is 17.3 Å². The number of rotatable bonds is 6. The van der Waals surface area contributed by atoms with Crippen molar-refractivity contribution in [2.45, 2.75) is 19.0 Å². The Bertz CT molecular complexity index is 485. The molecule has 0 saturated carbocycles. The third-order valence-electron chi connectivity index (χ3n) is 2.54. The quantitative estimate of drug-likeness (QED) is 0.839. The van der Waals surface area contributed by atoms with Crippen molar-refractivity contribution in [1.29, 1.82) is 0 Å². The third-order valence-corrected chi connectivity index (χ3v) is 3.53. The van der Waals surface area contributed by atoms with E-state index in [1.165, 1.54) is 0 Å². The van der Waals surface area contributed by atoms with Gasteiger partial charge in [0.2, 0.25) is 0 Å². The summed E-state index contributed by atoms with van der Waals surface area (Å²) < 4.78 is 0. The second-order valence-electron chi connectivity index (χ2n) is 3.91. The van der Waals surface area contributed by atoms with Gasteiger partial charge in [-0.15, -0.1) is 11.3 Å². The van der Waals surface area contributed by atoms with E-state index >= 15 is 0 Å². The van der Waals surface area contributed by atoms with E-state index in [4.69, 9.17) is 5.11 Å². The molecule has 94 valence electrons. The minimum Gasteiger partial charge on any atom is -0.481 e. The van der Waals surface area contributed by atoms with E-state index < -0.39 is 5.97 Å². The van der Waals surface area contributed by atoms with Gasteiger partial charge in [0.1, 0.15) is 0 Å². The molecule has 0 radical (unpaired) electrons. The lowest BCUT2D eigenvalue weighted by atomic mass is 10.1. The second-order valence-corrected chi connectivity index (χ2v) is 4.89. The maximum absolute atomic E-state index is 10.9. The molecule has 0 saturated heterocycles. The molecule has 2 heterocycles. The van der Waals surface area contributed by atoms with E-state index in [2.05, 4.69) is 10.3 Å². The number of aliphatic carboxylic acids is 1. The Labute approximate surface area is 109 Å². The SMILES string of the molecule is O=C(O)CC(NCc1cccnc1)c1cccs1. The Morgan fingerprint density at radius 3 is 2.94 bits per heavy atom. The topological polar surface area (TPSA) is 62.2 Å². The molecule has 0 aliphatic heterocycles. The lowest BCUT2D eigenvalue weighted by molar-refractivity contribution is -0.137. The van der Waals surface area contributed by atoms with Crippen molar-refractivity contribution in [2.75, 3.05) is 0 Å². The summed E-state index contributed by atoms with van der Waals surface area (Å²) in [5.74, 6) is -0.799. The van der Waals surface area contributed by atoms with Crippen molar-refractivity contribution in [3.05, 3.63) is 52.5 Å². The van der Waals surface area contributed by atoms with Gasteiger partial charge < -0.3 is 10.4 Å². The Balaban J connectivity index is 2.00. The minimum atomic E-state index is -0.799. The van der Waals surface area contributed by atoms with Crippen molar-refractivity contribution in [3.8, 4) is 0 Å². The van der Waals surface area contributed by atoms with Crippen LogP contribution < -0.4 is 5.32 Å². The van der Waals surface area contributed by atoms with Gasteiger partial charge in [0.15, 0.2) is 0 Å². The first-order valence-corrected chi connectivity index (χ1v) is 6.51. The Kier molecular flexibility index (Phi) is 4.44. The number of carbonyl (C=O) groups is 1. The summed E-state index contributed by atoms with van der Waals surface area (Å²) in [5, 5.41) is 14.1. The van der Waals surface area contributed by atoms with Gasteiger partial charge in [-0.1, -0.05) is 12.1 Å². The van der Waals surface area contributed by atoms with Crippen LogP contribution in [0.25, 0.3) is 0 Å². The molecule has 0 fully saturated rings. The zero-order valence-corrected chi connectivity index (χ0v) is 10.6. The van der Waals surface area contributed by atoms with E-state index in [1.54, 1.807) is 23.7 Å². The molecule has 0 amide bonds. The molecule has 0 aliphatic rings. The zero-order chi connectivity index (χ0) is 12.8. The molecule has 2 aromatic heterocycles. The molecular weight excluding hydrogens is 248 g/mol. The highest BCUT2D eigenvalue weighted by molar-refractivity contribution is 7.10. The molecular formula is C13H14N2O2S. The number of thiophene rings is 1. The fourth-order valence-corrected chi connectivity index (χ4v) is 2.48. The third kappa shape index (κ3) is 3.65. The van der Waals surface area contributed by atoms with Crippen molar-refractivity contribution in [3.63, 3.8) is 0 Å². The van der Waals surface area contributed by atoms with Gasteiger partial charge >= 0.3 is 5.97 Å². The van der Waals surface area contributed by atoms with Gasteiger partial charge in [0, 0.05) is 23.8 Å². The summed E-state index contributed by atoms with van der Waals surface area (Å²) in [6, 6.07) is 7.57. The number of hydrogen-bond acceptors (Lipinski definition) is 4. The Hall–Kier alpha value is -1.72. The van der Waals surface area contributed by atoms with Crippen LogP contribution in [0.2, 0.25) is 0 Å². The highest BCUT2D eigenvalue weighted by Crippen LogP contribution is 2.22. The molecule has 4 nitrogen and oxygen atoms in total. The average molecular weight is 262 g/mol. The largest absolute Gasteiger partial charge is 0.481 e. The van der Waals surface area contributed by atoms with Crippen molar-refractivity contribution in [2.24, 2.45) is 0 Å². The predicted octanol–water partition coefficient (Wildman–Crippen LogP) is 2.45. The number of nitrogens with one attached hydrogen (secondary N) is 1. The smallest absolute Gasteiger partial charge is 0.305 e. The minimum absolute atomic E-state index is 0.0841. The molecule has 0 bridgehead atoms. The normalized spacial score (nSPS) is 12.2. The number of aromatic nitrogens is 1. The van der Waals surface area contributed by atoms with Gasteiger partial charge in [0.25, 0.3) is 0 Å². The Morgan fingerprint density at radius 1 is 1.44 bits per heavy atom. The summed E-state index contributed by atoms with van der Waals surface area (Å²) in [6.07, 6.45) is 3.58. The van der Waals surface area contributed by atoms with Gasteiger partial charge in [0.05, 0.1) is 12.5 Å². The standard InChI is InChI=1S/C13H14N2O2S/c16-13(17)7-11(12-4-2-6-18-12)15-9-10-3-1-5-14-8-10/h1-6,8,11,15H,7,9H2,(H,16,17). The predicted molar refractivity (Wildman–Crippen MR) is 70.4 cm³/mol. The van der Waals surface area contributed by atoms with Crippen LogP contribution in [0.4, 0.5) is 0 Å². The monoisotopic (exact) mass is 262 g/mol. The van der Waals surface area contributed by atoms with Gasteiger partial charge in [-0.05, 0) is 23.1 Å². The molecule has 0 aliphatic carbocycles. The van der Waals surface area contributed by atoms with Gasteiger partial charge in [-0.25, -0.2) is 0 Å². The van der Waals surface area contributed by atoms with Gasteiger partial charge in [-0.2, -0.15) is 0 Å². The number of carboxylic acids is 1. The summed E-state index contributed by atoms with van der Waals surface area (Å²) in [4.78, 5) is 15.9. The molecule has 0 aromatic carbocycles. The summed E-state index contributed by atoms with van der Waals surface area (Å²) in [7, 11) is 0. The summed E-state index contributed by atoms with van der Waals surface area (Å²) in [5.41, 5.74) is 1.05. The van der Waals surface area contributed by atoms with Gasteiger partial charge in [-0.3, -0.25) is 9.78 Å². The Morgan fingerprint density at radius 2 is 2.33 bits per heavy atom. The van der Waals surface area contributed by atoms with Crippen LogP contribution in [0.1, 0.15) is 22.9 Å². The van der Waals surface area contributed by atoms with Crippen molar-refractivity contribution in [1.82, 2.24) is 10.3 Å². The van der Waals surface area contributed by atoms with Crippen LogP contribution in [0.5, 0.6) is 0 Å². The van der Waals surface area contributed by atoms with Crippen LogP contribution in [-0.4, -0.2) is 16.1 Å². The average Bonchev–Trinajstić information content (AvgIpc) is 2.89. The summed E-state index contributed by atoms with van der Waals surface area (Å²) >= 11 is 1.57. The molecule has 1 atom stereocenters. The van der Waals surface area contributed by atoms with Crippen molar-refractivity contribution < 1.29 is 9.90 Å². The number of hydrogen-bond donors (Lipinski definition) is 2. The maximum atomic E-state index is 10.9. The van der Waals surface area contributed by atoms with Crippen LogP contribution in [0.15, 0.2) is 42.0 Å². The van der Waals surface area contributed by atoms with E-state index in [0.717, 1.165) is 10.4 Å². The summed E-state index contributed by atoms with van der Waals surface area (Å²) in [6.45, 7) is 0.615. The number of pyridine rings is 1. The van der Waals surface area contributed by atoms with E-state index in [1.807, 2.05) is 29.6 Å². The molecule has 2 aromatic rings. The maximum Gasteiger partial charge on any atom is 0.305 e. The fourth-order valence-electron chi connectivity index (χ4n) is 1.68. The molecule has 2 rings (SSSR count). The molecule has 0 spiro atoms. The van der Waals surface area contributed by atoms with Crippen LogP contribution in [0, 0.1) is 0 Å². The zero-order valence-electron chi connectivity index (χ0n) is 9.74. The van der Waals surface area contributed by atoms with Crippen LogP contribution >= 0.6 is 11.3 Å². The second kappa shape index (κ2) is 6.28. The fraction of sp³-hybridized carbons (Fsp3) is 0.231. The van der Waals surface area contributed by atoms with Crippen LogP contribution in [0.3, 0.4) is 0 Å². The molecule has 18 heavy (non-hydrogen) atoms. The van der Waals surface area contributed by atoms with Crippen LogP contribution in [-0.2, 0) is 11.3 Å². The molecule has 1 unspecified atom stereocenters. The van der Waals surface area contributed by atoms with E-state index in [-0.39, 0.29) is 12.5 Å². The first-order chi connectivity index (χ1) is 8.75. The molecule has 5 heteroatoms. The van der Waals surface area contributed by atoms with E-state index in [0.29, 0.717) is 6.54 Å². The first-order valence-electron chi connectivity index (χ1n) is 5.63. The first kappa shape index (κ1) is 12.7. The van der Waals surface area contributed by atoms with E-state index in [9.17, 15) is 4.79 Å². The molecule has 2 N–H and O–H groups in total.